The molecule has 22 heavy (non-hydrogen) atoms. The van der Waals surface area contributed by atoms with E-state index in [0.29, 0.717) is 5.02 Å². The van der Waals surface area contributed by atoms with E-state index in [9.17, 15) is 18.3 Å². The van der Waals surface area contributed by atoms with Crippen molar-refractivity contribution >= 4 is 27.5 Å². The van der Waals surface area contributed by atoms with Gasteiger partial charge in [-0.25, -0.2) is 8.42 Å². The maximum atomic E-state index is 12.2. The average molecular weight is 347 g/mol. The summed E-state index contributed by atoms with van der Waals surface area (Å²) in [5, 5.41) is 12.5. The molecule has 1 aromatic carbocycles. The molecule has 1 saturated carbocycles. The first-order valence-corrected chi connectivity index (χ1v) is 8.97. The van der Waals surface area contributed by atoms with Crippen molar-refractivity contribution in [1.29, 1.82) is 0 Å². The molecule has 0 aliphatic heterocycles. The first-order valence-electron chi connectivity index (χ1n) is 7.11. The molecule has 2 rings (SSSR count). The topological polar surface area (TPSA) is 95.5 Å². The molecule has 1 unspecified atom stereocenters. The molecule has 1 aliphatic carbocycles. The summed E-state index contributed by atoms with van der Waals surface area (Å²) in [6.45, 7) is -0.606. The van der Waals surface area contributed by atoms with Crippen LogP contribution in [0.1, 0.15) is 25.7 Å². The van der Waals surface area contributed by atoms with Gasteiger partial charge in [0.2, 0.25) is 15.9 Å². The predicted octanol–water partition coefficient (Wildman–Crippen LogP) is 1.04. The lowest BCUT2D eigenvalue weighted by atomic mass is 10.2. The Morgan fingerprint density at radius 3 is 2.41 bits per heavy atom. The SMILES string of the molecule is O=C(NC1CCCC1)C(CO)NS(=O)(=O)c1ccc(Cl)cc1. The third kappa shape index (κ3) is 4.42. The summed E-state index contributed by atoms with van der Waals surface area (Å²) in [6.07, 6.45) is 3.86. The predicted molar refractivity (Wildman–Crippen MR) is 83.0 cm³/mol. The Morgan fingerprint density at radius 2 is 1.86 bits per heavy atom. The molecule has 1 aromatic rings. The Balaban J connectivity index is 2.04. The zero-order chi connectivity index (χ0) is 16.2. The molecule has 0 heterocycles. The standard InChI is InChI=1S/C14H19ClN2O4S/c15-10-5-7-12(8-6-10)22(20,21)17-13(9-18)14(19)16-11-3-1-2-4-11/h5-8,11,13,17-18H,1-4,9H2,(H,16,19). The lowest BCUT2D eigenvalue weighted by molar-refractivity contribution is -0.124. The summed E-state index contributed by atoms with van der Waals surface area (Å²) in [6, 6.07) is 4.43. The number of nitrogens with one attached hydrogen (secondary N) is 2. The van der Waals surface area contributed by atoms with Crippen molar-refractivity contribution in [3.63, 3.8) is 0 Å². The monoisotopic (exact) mass is 346 g/mol. The van der Waals surface area contributed by atoms with Crippen LogP contribution in [0.3, 0.4) is 0 Å². The van der Waals surface area contributed by atoms with Gasteiger partial charge in [0.15, 0.2) is 0 Å². The van der Waals surface area contributed by atoms with Crippen molar-refractivity contribution in [2.24, 2.45) is 0 Å². The molecule has 1 aliphatic rings. The van der Waals surface area contributed by atoms with Crippen molar-refractivity contribution in [3.05, 3.63) is 29.3 Å². The first kappa shape index (κ1) is 17.2. The van der Waals surface area contributed by atoms with Gasteiger partial charge < -0.3 is 10.4 Å². The van der Waals surface area contributed by atoms with Crippen LogP contribution in [0, 0.1) is 0 Å². The van der Waals surface area contributed by atoms with Crippen molar-refractivity contribution in [2.75, 3.05) is 6.61 Å². The smallest absolute Gasteiger partial charge is 0.241 e. The second-order valence-electron chi connectivity index (χ2n) is 5.30. The maximum absolute atomic E-state index is 12.2. The highest BCUT2D eigenvalue weighted by Crippen LogP contribution is 2.18. The highest BCUT2D eigenvalue weighted by atomic mass is 35.5. The number of benzene rings is 1. The number of carbonyl (C=O) groups excluding carboxylic acids is 1. The number of sulfonamides is 1. The molecule has 1 fully saturated rings. The Morgan fingerprint density at radius 1 is 1.27 bits per heavy atom. The summed E-state index contributed by atoms with van der Waals surface area (Å²) in [5.74, 6) is -0.507. The van der Waals surface area contributed by atoms with Crippen LogP contribution in [-0.2, 0) is 14.8 Å². The lowest BCUT2D eigenvalue weighted by Crippen LogP contribution is -2.50. The Labute approximate surface area is 134 Å². The summed E-state index contributed by atoms with van der Waals surface area (Å²) in [4.78, 5) is 12.1. The number of hydrogen-bond donors (Lipinski definition) is 3. The van der Waals surface area contributed by atoms with Gasteiger partial charge in [0.25, 0.3) is 0 Å². The Hall–Kier alpha value is -1.15. The number of hydrogen-bond acceptors (Lipinski definition) is 4. The van der Waals surface area contributed by atoms with Gasteiger partial charge in [-0.1, -0.05) is 24.4 Å². The van der Waals surface area contributed by atoms with Crippen LogP contribution < -0.4 is 10.0 Å². The zero-order valence-electron chi connectivity index (χ0n) is 12.0. The molecule has 122 valence electrons. The van der Waals surface area contributed by atoms with Crippen LogP contribution in [-0.4, -0.2) is 38.1 Å². The second-order valence-corrected chi connectivity index (χ2v) is 7.45. The zero-order valence-corrected chi connectivity index (χ0v) is 13.5. The van der Waals surface area contributed by atoms with Crippen LogP contribution in [0.5, 0.6) is 0 Å². The van der Waals surface area contributed by atoms with Gasteiger partial charge in [0.05, 0.1) is 11.5 Å². The maximum Gasteiger partial charge on any atom is 0.241 e. The van der Waals surface area contributed by atoms with E-state index in [0.717, 1.165) is 25.7 Å². The van der Waals surface area contributed by atoms with Crippen molar-refractivity contribution in [1.82, 2.24) is 10.0 Å². The molecule has 0 radical (unpaired) electrons. The molecule has 0 bridgehead atoms. The van der Waals surface area contributed by atoms with Gasteiger partial charge in [-0.05, 0) is 37.1 Å². The summed E-state index contributed by atoms with van der Waals surface area (Å²) in [7, 11) is -3.90. The summed E-state index contributed by atoms with van der Waals surface area (Å²) < 4.78 is 26.6. The summed E-state index contributed by atoms with van der Waals surface area (Å²) in [5.41, 5.74) is 0. The minimum absolute atomic E-state index is 0.0102. The Kier molecular flexibility index (Phi) is 5.80. The number of aliphatic hydroxyl groups excluding tert-OH is 1. The number of halogens is 1. The van der Waals surface area contributed by atoms with E-state index >= 15 is 0 Å². The molecule has 8 heteroatoms. The molecule has 0 spiro atoms. The molecule has 0 aromatic heterocycles. The lowest BCUT2D eigenvalue weighted by Gasteiger charge is -2.19. The third-order valence-electron chi connectivity index (χ3n) is 3.62. The largest absolute Gasteiger partial charge is 0.394 e. The fourth-order valence-electron chi connectivity index (χ4n) is 2.41. The molecular weight excluding hydrogens is 328 g/mol. The highest BCUT2D eigenvalue weighted by molar-refractivity contribution is 7.89. The Bertz CT molecular complexity index is 612. The normalized spacial score (nSPS) is 17.4. The van der Waals surface area contributed by atoms with E-state index in [2.05, 4.69) is 10.0 Å². The summed E-state index contributed by atoms with van der Waals surface area (Å²) >= 11 is 5.72. The minimum Gasteiger partial charge on any atom is -0.394 e. The van der Waals surface area contributed by atoms with Gasteiger partial charge in [-0.3, -0.25) is 4.79 Å². The molecular formula is C14H19ClN2O4S. The highest BCUT2D eigenvalue weighted by Gasteiger charge is 2.27. The fourth-order valence-corrected chi connectivity index (χ4v) is 3.73. The van der Waals surface area contributed by atoms with Crippen LogP contribution in [0.4, 0.5) is 0 Å². The quantitative estimate of drug-likeness (QED) is 0.717. The van der Waals surface area contributed by atoms with E-state index in [1.54, 1.807) is 0 Å². The van der Waals surface area contributed by atoms with E-state index < -0.39 is 28.6 Å². The van der Waals surface area contributed by atoms with E-state index in [1.807, 2.05) is 0 Å². The molecule has 6 nitrogen and oxygen atoms in total. The van der Waals surface area contributed by atoms with Crippen LogP contribution in [0.2, 0.25) is 5.02 Å². The van der Waals surface area contributed by atoms with Gasteiger partial charge in [-0.2, -0.15) is 4.72 Å². The van der Waals surface area contributed by atoms with Gasteiger partial charge in [0, 0.05) is 11.1 Å². The minimum atomic E-state index is -3.90. The van der Waals surface area contributed by atoms with Crippen LogP contribution in [0.25, 0.3) is 0 Å². The fraction of sp³-hybridized carbons (Fsp3) is 0.500. The van der Waals surface area contributed by atoms with Gasteiger partial charge in [-0.15, -0.1) is 0 Å². The molecule has 0 saturated heterocycles. The number of amides is 1. The van der Waals surface area contributed by atoms with Crippen LogP contribution >= 0.6 is 11.6 Å². The van der Waals surface area contributed by atoms with Crippen molar-refractivity contribution < 1.29 is 18.3 Å². The van der Waals surface area contributed by atoms with E-state index in [1.165, 1.54) is 24.3 Å². The van der Waals surface area contributed by atoms with Crippen LogP contribution in [0.15, 0.2) is 29.2 Å². The van der Waals surface area contributed by atoms with E-state index in [4.69, 9.17) is 11.6 Å². The van der Waals surface area contributed by atoms with Crippen molar-refractivity contribution in [2.45, 2.75) is 42.7 Å². The second kappa shape index (κ2) is 7.41. The molecule has 1 atom stereocenters. The molecule has 1 amide bonds. The van der Waals surface area contributed by atoms with Gasteiger partial charge in [0.1, 0.15) is 6.04 Å². The number of rotatable bonds is 6. The first-order chi connectivity index (χ1) is 10.4. The third-order valence-corrected chi connectivity index (χ3v) is 5.36. The average Bonchev–Trinajstić information content (AvgIpc) is 2.98. The number of aliphatic hydroxyl groups is 1. The van der Waals surface area contributed by atoms with Crippen molar-refractivity contribution in [3.8, 4) is 0 Å². The van der Waals surface area contributed by atoms with E-state index in [-0.39, 0.29) is 10.9 Å². The number of carbonyl (C=O) groups is 1. The molecule has 3 N–H and O–H groups in total. The van der Waals surface area contributed by atoms with Gasteiger partial charge >= 0.3 is 0 Å².